The van der Waals surface area contributed by atoms with E-state index in [4.69, 9.17) is 23.9 Å². The molecule has 1 aromatic heterocycles. The van der Waals surface area contributed by atoms with Gasteiger partial charge in [0.25, 0.3) is 0 Å². The minimum atomic E-state index is -1.23. The van der Waals surface area contributed by atoms with Gasteiger partial charge in [-0.1, -0.05) is 72.8 Å². The van der Waals surface area contributed by atoms with Crippen LogP contribution < -0.4 is 21.3 Å². The Morgan fingerprint density at radius 2 is 1.15 bits per heavy atom. The maximum absolute atomic E-state index is 13.8. The van der Waals surface area contributed by atoms with E-state index in [1.54, 1.807) is 62.3 Å². The highest BCUT2D eigenvalue weighted by Crippen LogP contribution is 2.44. The van der Waals surface area contributed by atoms with Crippen molar-refractivity contribution in [2.24, 2.45) is 0 Å². The predicted octanol–water partition coefficient (Wildman–Crippen LogP) is 7.81. The zero-order chi connectivity index (χ0) is 48.2. The predicted molar refractivity (Wildman–Crippen MR) is 250 cm³/mol. The third-order valence-electron chi connectivity index (χ3n) is 10.3. The van der Waals surface area contributed by atoms with Crippen molar-refractivity contribution < 1.29 is 47.7 Å². The number of nitrogens with zero attached hydrogens (tertiary/aromatic N) is 1. The second kappa shape index (κ2) is 22.1. The number of urea groups is 1. The second-order valence-electron chi connectivity index (χ2n) is 19.4. The van der Waals surface area contributed by atoms with E-state index in [9.17, 15) is 28.8 Å². The molecule has 1 aliphatic rings. The average molecular weight is 908 g/mol. The summed E-state index contributed by atoms with van der Waals surface area (Å²) in [5, 5.41) is 11.8. The molecule has 0 saturated heterocycles. The van der Waals surface area contributed by atoms with E-state index in [0.717, 1.165) is 33.2 Å². The summed E-state index contributed by atoms with van der Waals surface area (Å²) in [5.41, 5.74) is 3.16. The standard InChI is InChI=1S/C51H65N5O10/c1-49(2,3)64-43(57)28-27-41(46(60)66-51(7,8)9)55-47(61)54-40(45(59)65-50(4,5)6)24-16-17-29-52-44(58)42(30-33-26-25-32-18-10-15-23-39(32)53-33)56-48(62)63-31-38-36-21-13-11-19-34(36)35-20-12-14-22-37(35)38/h10-15,18-23,25-26,38,40-42H,16-17,24,27-31H2,1-9H3,(H,52,58)(H,56,62)(H2,54,55,61)/t40-,41-,42-/m0/s1. The molecule has 3 atom stereocenters. The van der Waals surface area contributed by atoms with Crippen LogP contribution >= 0.6 is 0 Å². The number of aromatic nitrogens is 1. The summed E-state index contributed by atoms with van der Waals surface area (Å²) in [4.78, 5) is 84.5. The molecule has 1 aliphatic carbocycles. The van der Waals surface area contributed by atoms with Crippen LogP contribution in [-0.2, 0) is 44.5 Å². The Bertz CT molecular complexity index is 2320. The minimum Gasteiger partial charge on any atom is -0.460 e. The van der Waals surface area contributed by atoms with E-state index in [1.165, 1.54) is 0 Å². The number of carbonyl (C=O) groups is 6. The molecule has 4 amide bonds. The molecular weight excluding hydrogens is 843 g/mol. The van der Waals surface area contributed by atoms with Gasteiger partial charge >= 0.3 is 30.0 Å². The van der Waals surface area contributed by atoms with Crippen LogP contribution in [0.3, 0.4) is 0 Å². The molecule has 3 aromatic carbocycles. The van der Waals surface area contributed by atoms with Gasteiger partial charge in [0.05, 0.1) is 5.52 Å². The van der Waals surface area contributed by atoms with Gasteiger partial charge in [-0.05, 0) is 122 Å². The Hall–Kier alpha value is -6.51. The summed E-state index contributed by atoms with van der Waals surface area (Å²) in [6, 6.07) is 23.1. The molecule has 4 aromatic rings. The molecule has 0 aliphatic heterocycles. The van der Waals surface area contributed by atoms with E-state index in [-0.39, 0.29) is 44.8 Å². The lowest BCUT2D eigenvalue weighted by atomic mass is 9.98. The number of rotatable bonds is 18. The molecule has 66 heavy (non-hydrogen) atoms. The van der Waals surface area contributed by atoms with Gasteiger partial charge in [0.15, 0.2) is 0 Å². The lowest BCUT2D eigenvalue weighted by molar-refractivity contribution is -0.159. The summed E-state index contributed by atoms with van der Waals surface area (Å²) in [5.74, 6) is -2.63. The van der Waals surface area contributed by atoms with Crippen LogP contribution in [0.4, 0.5) is 9.59 Å². The van der Waals surface area contributed by atoms with Gasteiger partial charge < -0.3 is 40.2 Å². The summed E-state index contributed by atoms with van der Waals surface area (Å²) < 4.78 is 22.3. The third kappa shape index (κ3) is 15.6. The molecule has 0 radical (unpaired) electrons. The molecule has 4 N–H and O–H groups in total. The molecule has 0 unspecified atom stereocenters. The number of nitrogens with one attached hydrogen (secondary N) is 4. The molecule has 0 saturated carbocycles. The fourth-order valence-electron chi connectivity index (χ4n) is 7.49. The Morgan fingerprint density at radius 3 is 1.74 bits per heavy atom. The third-order valence-corrected chi connectivity index (χ3v) is 10.3. The number of pyridine rings is 1. The monoisotopic (exact) mass is 907 g/mol. The van der Waals surface area contributed by atoms with Crippen molar-refractivity contribution in [3.05, 3.63) is 102 Å². The van der Waals surface area contributed by atoms with Gasteiger partial charge in [-0.3, -0.25) is 14.6 Å². The second-order valence-corrected chi connectivity index (χ2v) is 19.4. The molecule has 354 valence electrons. The van der Waals surface area contributed by atoms with Crippen molar-refractivity contribution in [2.45, 2.75) is 142 Å². The fraction of sp³-hybridized carbons (Fsp3) is 0.471. The Balaban J connectivity index is 1.21. The normalized spacial score (nSPS) is 13.8. The SMILES string of the molecule is CC(C)(C)OC(=O)CC[C@H](NC(=O)N[C@@H](CCCCNC(=O)[C@H](Cc1ccc2ccccc2n1)NC(=O)OCC1c2ccccc2-c2ccccc21)C(=O)OC(C)(C)C)C(=O)OC(C)(C)C. The first-order valence-corrected chi connectivity index (χ1v) is 22.5. The Labute approximate surface area is 387 Å². The van der Waals surface area contributed by atoms with E-state index >= 15 is 0 Å². The van der Waals surface area contributed by atoms with Crippen LogP contribution in [0.2, 0.25) is 0 Å². The minimum absolute atomic E-state index is 0.0705. The first kappa shape index (κ1) is 50.5. The van der Waals surface area contributed by atoms with Crippen molar-refractivity contribution in [3.63, 3.8) is 0 Å². The van der Waals surface area contributed by atoms with Gasteiger partial charge in [0, 0.05) is 36.4 Å². The van der Waals surface area contributed by atoms with Gasteiger partial charge in [-0.25, -0.2) is 19.2 Å². The zero-order valence-corrected chi connectivity index (χ0v) is 39.6. The Kier molecular flexibility index (Phi) is 16.9. The molecule has 5 rings (SSSR count). The maximum atomic E-state index is 13.8. The van der Waals surface area contributed by atoms with Crippen LogP contribution in [0.15, 0.2) is 84.9 Å². The largest absolute Gasteiger partial charge is 0.460 e. The number of ether oxygens (including phenoxy) is 4. The highest BCUT2D eigenvalue weighted by molar-refractivity contribution is 5.88. The van der Waals surface area contributed by atoms with E-state index in [2.05, 4.69) is 33.4 Å². The van der Waals surface area contributed by atoms with Crippen molar-refractivity contribution in [1.82, 2.24) is 26.3 Å². The highest BCUT2D eigenvalue weighted by atomic mass is 16.6. The van der Waals surface area contributed by atoms with Crippen molar-refractivity contribution in [3.8, 4) is 11.1 Å². The number of fused-ring (bicyclic) bond motifs is 4. The zero-order valence-electron chi connectivity index (χ0n) is 39.6. The van der Waals surface area contributed by atoms with Crippen LogP contribution in [-0.4, -0.2) is 89.0 Å². The summed E-state index contributed by atoms with van der Waals surface area (Å²) in [6.45, 7) is 15.6. The fourth-order valence-corrected chi connectivity index (χ4v) is 7.49. The Morgan fingerprint density at radius 1 is 0.606 bits per heavy atom. The van der Waals surface area contributed by atoms with Crippen molar-refractivity contribution >= 4 is 46.8 Å². The van der Waals surface area contributed by atoms with Gasteiger partial charge in [-0.2, -0.15) is 0 Å². The number of hydrogen-bond donors (Lipinski definition) is 4. The summed E-state index contributed by atoms with van der Waals surface area (Å²) in [6.07, 6.45) is -0.0864. The van der Waals surface area contributed by atoms with Crippen molar-refractivity contribution in [1.29, 1.82) is 0 Å². The average Bonchev–Trinajstić information content (AvgIpc) is 3.55. The van der Waals surface area contributed by atoms with Gasteiger partial charge in [0.1, 0.15) is 41.5 Å². The lowest BCUT2D eigenvalue weighted by Gasteiger charge is -2.27. The quantitative estimate of drug-likeness (QED) is 0.0431. The van der Waals surface area contributed by atoms with Crippen LogP contribution in [0.25, 0.3) is 22.0 Å². The summed E-state index contributed by atoms with van der Waals surface area (Å²) >= 11 is 0. The van der Waals surface area contributed by atoms with E-state index in [1.807, 2.05) is 72.8 Å². The lowest BCUT2D eigenvalue weighted by Crippen LogP contribution is -2.53. The van der Waals surface area contributed by atoms with Crippen molar-refractivity contribution in [2.75, 3.05) is 13.2 Å². The molecular formula is C51H65N5O10. The molecule has 15 heteroatoms. The number of esters is 3. The van der Waals surface area contributed by atoms with Crippen LogP contribution in [0.5, 0.6) is 0 Å². The highest BCUT2D eigenvalue weighted by Gasteiger charge is 2.33. The maximum Gasteiger partial charge on any atom is 0.407 e. The van der Waals surface area contributed by atoms with Gasteiger partial charge in [-0.15, -0.1) is 0 Å². The van der Waals surface area contributed by atoms with E-state index < -0.39 is 70.9 Å². The number of carbonyl (C=O) groups excluding carboxylic acids is 6. The van der Waals surface area contributed by atoms with Gasteiger partial charge in [0.2, 0.25) is 5.91 Å². The topological polar surface area (TPSA) is 200 Å². The smallest absolute Gasteiger partial charge is 0.407 e. The van der Waals surface area contributed by atoms with Crippen LogP contribution in [0, 0.1) is 0 Å². The molecule has 0 bridgehead atoms. The number of hydrogen-bond acceptors (Lipinski definition) is 11. The number of para-hydroxylation sites is 1. The van der Waals surface area contributed by atoms with E-state index in [0.29, 0.717) is 18.5 Å². The summed E-state index contributed by atoms with van der Waals surface area (Å²) in [7, 11) is 0. The molecule has 1 heterocycles. The first-order chi connectivity index (χ1) is 31.0. The number of unbranched alkanes of at least 4 members (excludes halogenated alkanes) is 1. The van der Waals surface area contributed by atoms with Crippen LogP contribution in [0.1, 0.15) is 117 Å². The first-order valence-electron chi connectivity index (χ1n) is 22.5. The molecule has 0 fully saturated rings. The number of amides is 4. The molecule has 0 spiro atoms. The number of benzene rings is 3. The number of alkyl carbamates (subject to hydrolysis) is 1. The molecule has 15 nitrogen and oxygen atoms in total.